The number of likely N-dealkylation sites (N-methyl/N-ethyl adjacent to an activating group) is 1. The van der Waals surface area contributed by atoms with E-state index in [0.717, 1.165) is 28.8 Å². The number of ether oxygens (including phenoxy) is 1. The molecule has 4 nitrogen and oxygen atoms in total. The monoisotopic (exact) mass is 362 g/mol. The topological polar surface area (TPSA) is 41.6 Å². The third-order valence-corrected chi connectivity index (χ3v) is 4.63. The van der Waals surface area contributed by atoms with Crippen molar-refractivity contribution < 1.29 is 9.53 Å². The summed E-state index contributed by atoms with van der Waals surface area (Å²) in [5.74, 6) is 0.670. The highest BCUT2D eigenvalue weighted by atomic mass is 16.5. The summed E-state index contributed by atoms with van der Waals surface area (Å²) in [6, 6.07) is 24.1. The van der Waals surface area contributed by atoms with Gasteiger partial charge in [-0.25, -0.2) is 0 Å². The van der Waals surface area contributed by atoms with E-state index in [1.54, 1.807) is 0 Å². The first-order chi connectivity index (χ1) is 13.2. The first kappa shape index (κ1) is 18.8. The van der Waals surface area contributed by atoms with Crippen LogP contribution in [-0.2, 0) is 4.79 Å². The van der Waals surface area contributed by atoms with Gasteiger partial charge in [0.2, 0.25) is 0 Å². The van der Waals surface area contributed by atoms with E-state index < -0.39 is 6.10 Å². The number of carbonyl (C=O) groups excluding carboxylic acids is 1. The molecule has 27 heavy (non-hydrogen) atoms. The van der Waals surface area contributed by atoms with E-state index in [1.165, 1.54) is 0 Å². The van der Waals surface area contributed by atoms with Gasteiger partial charge in [0.05, 0.1) is 0 Å². The molecule has 3 aromatic carbocycles. The van der Waals surface area contributed by atoms with Gasteiger partial charge in [0, 0.05) is 31.2 Å². The number of para-hydroxylation sites is 1. The summed E-state index contributed by atoms with van der Waals surface area (Å²) in [6.45, 7) is 3.27. The Hall–Kier alpha value is -3.01. The molecule has 1 atom stereocenters. The molecule has 0 heterocycles. The Morgan fingerprint density at radius 3 is 2.48 bits per heavy atom. The van der Waals surface area contributed by atoms with Crippen LogP contribution >= 0.6 is 0 Å². The van der Waals surface area contributed by atoms with Gasteiger partial charge in [-0.2, -0.15) is 0 Å². The lowest BCUT2D eigenvalue weighted by Gasteiger charge is -2.21. The fourth-order valence-electron chi connectivity index (χ4n) is 3.05. The highest BCUT2D eigenvalue weighted by molar-refractivity contribution is 5.89. The van der Waals surface area contributed by atoms with Gasteiger partial charge in [-0.05, 0) is 30.0 Å². The fourth-order valence-corrected chi connectivity index (χ4v) is 3.05. The molecule has 3 aromatic rings. The normalized spacial score (nSPS) is 11.8. The lowest BCUT2D eigenvalue weighted by atomic mass is 10.1. The quantitative estimate of drug-likeness (QED) is 0.651. The average Bonchev–Trinajstić information content (AvgIpc) is 2.72. The average molecular weight is 362 g/mol. The van der Waals surface area contributed by atoms with E-state index in [4.69, 9.17) is 4.74 Å². The summed E-state index contributed by atoms with van der Waals surface area (Å²) in [5, 5.41) is 5.13. The number of amides is 1. The van der Waals surface area contributed by atoms with Gasteiger partial charge in [-0.1, -0.05) is 61.5 Å². The van der Waals surface area contributed by atoms with Crippen molar-refractivity contribution in [2.45, 2.75) is 19.4 Å². The van der Waals surface area contributed by atoms with Crippen LogP contribution in [0.15, 0.2) is 72.8 Å². The Morgan fingerprint density at radius 2 is 1.70 bits per heavy atom. The molecule has 0 fully saturated rings. The second-order valence-corrected chi connectivity index (χ2v) is 6.54. The molecule has 0 spiro atoms. The molecule has 0 saturated heterocycles. The van der Waals surface area contributed by atoms with Crippen molar-refractivity contribution in [2.75, 3.05) is 25.0 Å². The molecule has 0 aliphatic carbocycles. The van der Waals surface area contributed by atoms with E-state index in [0.29, 0.717) is 13.0 Å². The van der Waals surface area contributed by atoms with Gasteiger partial charge in [0.1, 0.15) is 5.75 Å². The highest BCUT2D eigenvalue weighted by Crippen LogP contribution is 2.26. The van der Waals surface area contributed by atoms with E-state index in [1.807, 2.05) is 74.6 Å². The lowest BCUT2D eigenvalue weighted by molar-refractivity contribution is -0.128. The molecule has 0 aliphatic heterocycles. The smallest absolute Gasteiger partial charge is 0.261 e. The van der Waals surface area contributed by atoms with Gasteiger partial charge >= 0.3 is 0 Å². The molecule has 0 aromatic heterocycles. The molecule has 4 heteroatoms. The zero-order valence-corrected chi connectivity index (χ0v) is 15.9. The maximum absolute atomic E-state index is 12.6. The van der Waals surface area contributed by atoms with Gasteiger partial charge in [0.25, 0.3) is 5.91 Å². The van der Waals surface area contributed by atoms with Crippen LogP contribution in [0.4, 0.5) is 5.69 Å². The van der Waals surface area contributed by atoms with E-state index in [-0.39, 0.29) is 5.91 Å². The number of fused-ring (bicyclic) bond motifs is 1. The third-order valence-electron chi connectivity index (χ3n) is 4.63. The van der Waals surface area contributed by atoms with Crippen molar-refractivity contribution in [2.24, 2.45) is 0 Å². The largest absolute Gasteiger partial charge is 0.480 e. The van der Waals surface area contributed by atoms with Crippen LogP contribution in [0.2, 0.25) is 0 Å². The van der Waals surface area contributed by atoms with Crippen molar-refractivity contribution in [3.05, 3.63) is 72.8 Å². The van der Waals surface area contributed by atoms with E-state index in [2.05, 4.69) is 22.3 Å². The number of nitrogens with one attached hydrogen (secondary N) is 1. The lowest BCUT2D eigenvalue weighted by Crippen LogP contribution is -2.41. The van der Waals surface area contributed by atoms with Crippen LogP contribution < -0.4 is 15.0 Å². The number of benzene rings is 3. The van der Waals surface area contributed by atoms with Crippen molar-refractivity contribution in [1.82, 2.24) is 5.32 Å². The van der Waals surface area contributed by atoms with Crippen LogP contribution in [0.25, 0.3) is 10.8 Å². The number of hydrogen-bond donors (Lipinski definition) is 1. The number of carbonyl (C=O) groups is 1. The van der Waals surface area contributed by atoms with Crippen LogP contribution in [0.1, 0.15) is 13.3 Å². The Labute approximate surface area is 160 Å². The summed E-state index contributed by atoms with van der Waals surface area (Å²) >= 11 is 0. The molecule has 140 valence electrons. The summed E-state index contributed by atoms with van der Waals surface area (Å²) in [5.41, 5.74) is 1.13. The first-order valence-electron chi connectivity index (χ1n) is 9.37. The van der Waals surface area contributed by atoms with Crippen molar-refractivity contribution in [3.63, 3.8) is 0 Å². The van der Waals surface area contributed by atoms with Crippen LogP contribution in [0.5, 0.6) is 5.75 Å². The Kier molecular flexibility index (Phi) is 6.31. The second-order valence-electron chi connectivity index (χ2n) is 6.54. The molecule has 0 radical (unpaired) electrons. The molecule has 0 saturated carbocycles. The molecule has 0 aliphatic rings. The molecule has 0 unspecified atom stereocenters. The number of nitrogens with zero attached hydrogens (tertiary/aromatic N) is 1. The predicted molar refractivity (Wildman–Crippen MR) is 111 cm³/mol. The molecule has 0 bridgehead atoms. The van der Waals surface area contributed by atoms with Gasteiger partial charge < -0.3 is 15.0 Å². The minimum absolute atomic E-state index is 0.0769. The first-order valence-corrected chi connectivity index (χ1v) is 9.37. The zero-order valence-electron chi connectivity index (χ0n) is 15.9. The Bertz CT molecular complexity index is 874. The van der Waals surface area contributed by atoms with Gasteiger partial charge in [0.15, 0.2) is 6.10 Å². The number of rotatable bonds is 8. The molecule has 1 amide bonds. The van der Waals surface area contributed by atoms with Crippen LogP contribution in [0.3, 0.4) is 0 Å². The third kappa shape index (κ3) is 4.79. The summed E-state index contributed by atoms with van der Waals surface area (Å²) in [4.78, 5) is 14.7. The number of hydrogen-bond acceptors (Lipinski definition) is 3. The summed E-state index contributed by atoms with van der Waals surface area (Å²) in [7, 11) is 2.02. The fraction of sp³-hybridized carbons (Fsp3) is 0.261. The van der Waals surface area contributed by atoms with Gasteiger partial charge in [-0.15, -0.1) is 0 Å². The summed E-state index contributed by atoms with van der Waals surface area (Å²) in [6.07, 6.45) is 0.113. The second kappa shape index (κ2) is 9.08. The number of anilines is 1. The minimum Gasteiger partial charge on any atom is -0.480 e. The summed E-state index contributed by atoms with van der Waals surface area (Å²) < 4.78 is 6.06. The Morgan fingerprint density at radius 1 is 1.00 bits per heavy atom. The van der Waals surface area contributed by atoms with Crippen molar-refractivity contribution >= 4 is 22.4 Å². The maximum atomic E-state index is 12.6. The molecule has 1 N–H and O–H groups in total. The molecular formula is C23H26N2O2. The standard InChI is InChI=1S/C23H26N2O2/c1-3-21(27-22-15-9-11-18-10-7-8-14-20(18)22)23(26)24-16-17-25(2)19-12-5-4-6-13-19/h4-15,21H,3,16-17H2,1-2H3,(H,24,26)/t21-/m0/s1. The predicted octanol–water partition coefficient (Wildman–Crippen LogP) is 4.25. The Balaban J connectivity index is 1.58. The van der Waals surface area contributed by atoms with E-state index in [9.17, 15) is 4.79 Å². The highest BCUT2D eigenvalue weighted by Gasteiger charge is 2.19. The molecular weight excluding hydrogens is 336 g/mol. The minimum atomic E-state index is -0.502. The van der Waals surface area contributed by atoms with Crippen LogP contribution in [-0.4, -0.2) is 32.1 Å². The molecule has 3 rings (SSSR count). The zero-order chi connectivity index (χ0) is 19.1. The van der Waals surface area contributed by atoms with Gasteiger partial charge in [-0.3, -0.25) is 4.79 Å². The van der Waals surface area contributed by atoms with Crippen molar-refractivity contribution in [3.8, 4) is 5.75 Å². The maximum Gasteiger partial charge on any atom is 0.261 e. The van der Waals surface area contributed by atoms with Crippen molar-refractivity contribution in [1.29, 1.82) is 0 Å². The van der Waals surface area contributed by atoms with Crippen LogP contribution in [0, 0.1) is 0 Å². The SMILES string of the molecule is CC[C@H](Oc1cccc2ccccc12)C(=O)NCCN(C)c1ccccc1. The van der Waals surface area contributed by atoms with E-state index >= 15 is 0 Å².